The molecule has 0 radical (unpaired) electrons. The highest BCUT2D eigenvalue weighted by Gasteiger charge is 2.29. The molecule has 0 aliphatic heterocycles. The maximum Gasteiger partial charge on any atom is 0.229 e. The first kappa shape index (κ1) is 14.0. The average Bonchev–Trinajstić information content (AvgIpc) is 2.64. The van der Waals surface area contributed by atoms with E-state index >= 15 is 0 Å². The summed E-state index contributed by atoms with van der Waals surface area (Å²) in [7, 11) is 0. The highest BCUT2D eigenvalue weighted by molar-refractivity contribution is 7.16. The van der Waals surface area contributed by atoms with Crippen molar-refractivity contribution in [2.75, 3.05) is 5.32 Å². The zero-order valence-corrected chi connectivity index (χ0v) is 12.1. The van der Waals surface area contributed by atoms with Gasteiger partial charge in [-0.15, -0.1) is 11.3 Å². The normalized spacial score (nSPS) is 22.8. The number of anilines is 1. The van der Waals surface area contributed by atoms with Crippen LogP contribution in [0.2, 0.25) is 0 Å². The second kappa shape index (κ2) is 5.72. The number of nitriles is 1. The summed E-state index contributed by atoms with van der Waals surface area (Å²) in [6, 6.07) is 2.11. The van der Waals surface area contributed by atoms with E-state index in [1.54, 1.807) is 0 Å². The summed E-state index contributed by atoms with van der Waals surface area (Å²) in [5, 5.41) is 12.7. The molecule has 1 aliphatic rings. The molecule has 1 heterocycles. The lowest BCUT2D eigenvalue weighted by Gasteiger charge is -2.27. The van der Waals surface area contributed by atoms with Gasteiger partial charge in [0.2, 0.25) is 5.91 Å². The molecule has 1 saturated carbocycles. The zero-order chi connectivity index (χ0) is 14.0. The van der Waals surface area contributed by atoms with E-state index in [0.29, 0.717) is 10.6 Å². The van der Waals surface area contributed by atoms with E-state index in [-0.39, 0.29) is 17.9 Å². The Morgan fingerprint density at radius 2 is 2.11 bits per heavy atom. The van der Waals surface area contributed by atoms with Gasteiger partial charge in [-0.3, -0.25) is 4.79 Å². The van der Waals surface area contributed by atoms with Crippen LogP contribution >= 0.6 is 11.3 Å². The first-order valence-corrected chi connectivity index (χ1v) is 7.42. The van der Waals surface area contributed by atoms with Crippen molar-refractivity contribution in [3.63, 3.8) is 0 Å². The van der Waals surface area contributed by atoms with Crippen LogP contribution in [0.3, 0.4) is 0 Å². The number of carbonyl (C=O) groups is 1. The minimum atomic E-state index is -0.122. The van der Waals surface area contributed by atoms with Crippen molar-refractivity contribution in [2.24, 2.45) is 11.7 Å². The van der Waals surface area contributed by atoms with E-state index in [1.807, 2.05) is 13.8 Å². The second-order valence-corrected chi connectivity index (χ2v) is 6.37. The standard InChI is InChI=1S/C14H19N3OS/c1-8-9(2)19-14(11(8)7-15)17-13(18)10-5-3-4-6-12(10)16/h10,12H,3-6,16H2,1-2H3,(H,17,18). The van der Waals surface area contributed by atoms with Crippen molar-refractivity contribution in [3.05, 3.63) is 16.0 Å². The molecule has 0 bridgehead atoms. The van der Waals surface area contributed by atoms with Crippen LogP contribution in [0.25, 0.3) is 0 Å². The number of rotatable bonds is 2. The molecule has 5 heteroatoms. The van der Waals surface area contributed by atoms with Gasteiger partial charge >= 0.3 is 0 Å². The molecule has 1 aromatic rings. The fourth-order valence-corrected chi connectivity index (χ4v) is 3.55. The largest absolute Gasteiger partial charge is 0.327 e. The predicted molar refractivity (Wildman–Crippen MR) is 77.1 cm³/mol. The Morgan fingerprint density at radius 1 is 1.42 bits per heavy atom. The summed E-state index contributed by atoms with van der Waals surface area (Å²) in [5.74, 6) is -0.159. The van der Waals surface area contributed by atoms with Crippen molar-refractivity contribution < 1.29 is 4.79 Å². The van der Waals surface area contributed by atoms with Crippen molar-refractivity contribution in [3.8, 4) is 6.07 Å². The van der Waals surface area contributed by atoms with Gasteiger partial charge in [-0.1, -0.05) is 12.8 Å². The van der Waals surface area contributed by atoms with Crippen LogP contribution in [-0.2, 0) is 4.79 Å². The Kier molecular flexibility index (Phi) is 4.23. The summed E-state index contributed by atoms with van der Waals surface area (Å²) < 4.78 is 0. The lowest BCUT2D eigenvalue weighted by atomic mass is 9.84. The molecule has 1 amide bonds. The number of aryl methyl sites for hydroxylation is 1. The molecule has 2 rings (SSSR count). The quantitative estimate of drug-likeness (QED) is 0.872. The topological polar surface area (TPSA) is 78.9 Å². The summed E-state index contributed by atoms with van der Waals surface area (Å²) in [5.41, 5.74) is 7.55. The molecule has 1 aliphatic carbocycles. The van der Waals surface area contributed by atoms with Gasteiger partial charge in [-0.05, 0) is 32.3 Å². The minimum absolute atomic E-state index is 0.0371. The van der Waals surface area contributed by atoms with Crippen LogP contribution in [0.1, 0.15) is 41.7 Å². The fourth-order valence-electron chi connectivity index (χ4n) is 2.54. The van der Waals surface area contributed by atoms with Crippen molar-refractivity contribution >= 4 is 22.2 Å². The van der Waals surface area contributed by atoms with Crippen LogP contribution in [0, 0.1) is 31.1 Å². The number of amides is 1. The third-order valence-corrected chi connectivity index (χ3v) is 5.01. The summed E-state index contributed by atoms with van der Waals surface area (Å²) in [4.78, 5) is 13.3. The number of nitrogens with zero attached hydrogens (tertiary/aromatic N) is 1. The smallest absolute Gasteiger partial charge is 0.229 e. The van der Waals surface area contributed by atoms with Crippen LogP contribution in [0.15, 0.2) is 0 Å². The number of carbonyl (C=O) groups excluding carboxylic acids is 1. The summed E-state index contributed by atoms with van der Waals surface area (Å²) >= 11 is 1.46. The van der Waals surface area contributed by atoms with Crippen molar-refractivity contribution in [1.29, 1.82) is 5.26 Å². The van der Waals surface area contributed by atoms with Gasteiger partial charge in [0.25, 0.3) is 0 Å². The Balaban J connectivity index is 2.15. The van der Waals surface area contributed by atoms with Gasteiger partial charge in [0.15, 0.2) is 0 Å². The monoisotopic (exact) mass is 277 g/mol. The molecule has 1 fully saturated rings. The molecular weight excluding hydrogens is 258 g/mol. The van der Waals surface area contributed by atoms with E-state index in [0.717, 1.165) is 36.1 Å². The minimum Gasteiger partial charge on any atom is -0.327 e. The van der Waals surface area contributed by atoms with Crippen LogP contribution in [0.5, 0.6) is 0 Å². The molecule has 0 aromatic carbocycles. The van der Waals surface area contributed by atoms with E-state index in [2.05, 4.69) is 11.4 Å². The predicted octanol–water partition coefficient (Wildman–Crippen LogP) is 2.69. The molecule has 1 aromatic heterocycles. The van der Waals surface area contributed by atoms with Gasteiger partial charge in [0, 0.05) is 10.9 Å². The van der Waals surface area contributed by atoms with Gasteiger partial charge in [-0.2, -0.15) is 5.26 Å². The lowest BCUT2D eigenvalue weighted by molar-refractivity contribution is -0.121. The molecule has 3 N–H and O–H groups in total. The molecule has 2 unspecified atom stereocenters. The molecular formula is C14H19N3OS. The Morgan fingerprint density at radius 3 is 2.74 bits per heavy atom. The number of hydrogen-bond donors (Lipinski definition) is 2. The van der Waals surface area contributed by atoms with Crippen LogP contribution in [-0.4, -0.2) is 11.9 Å². The molecule has 19 heavy (non-hydrogen) atoms. The first-order valence-electron chi connectivity index (χ1n) is 6.61. The third kappa shape index (κ3) is 2.80. The van der Waals surface area contributed by atoms with Crippen LogP contribution in [0.4, 0.5) is 5.00 Å². The third-order valence-electron chi connectivity index (χ3n) is 3.89. The second-order valence-electron chi connectivity index (χ2n) is 5.14. The van der Waals surface area contributed by atoms with Gasteiger partial charge in [0.1, 0.15) is 11.1 Å². The molecule has 4 nitrogen and oxygen atoms in total. The lowest BCUT2D eigenvalue weighted by Crippen LogP contribution is -2.40. The Hall–Kier alpha value is -1.38. The average molecular weight is 277 g/mol. The molecule has 102 valence electrons. The molecule has 0 saturated heterocycles. The van der Waals surface area contributed by atoms with E-state index in [4.69, 9.17) is 11.0 Å². The number of thiophene rings is 1. The molecule has 2 atom stereocenters. The highest BCUT2D eigenvalue weighted by Crippen LogP contribution is 2.33. The van der Waals surface area contributed by atoms with Gasteiger partial charge in [-0.25, -0.2) is 0 Å². The number of nitrogens with one attached hydrogen (secondary N) is 1. The number of hydrogen-bond acceptors (Lipinski definition) is 4. The van der Waals surface area contributed by atoms with Crippen molar-refractivity contribution in [1.82, 2.24) is 0 Å². The Labute approximate surface area is 117 Å². The van der Waals surface area contributed by atoms with E-state index < -0.39 is 0 Å². The van der Waals surface area contributed by atoms with Gasteiger partial charge in [0.05, 0.1) is 11.5 Å². The van der Waals surface area contributed by atoms with Gasteiger partial charge < -0.3 is 11.1 Å². The van der Waals surface area contributed by atoms with Crippen LogP contribution < -0.4 is 11.1 Å². The fraction of sp³-hybridized carbons (Fsp3) is 0.571. The highest BCUT2D eigenvalue weighted by atomic mass is 32.1. The number of nitrogens with two attached hydrogens (primary N) is 1. The maximum absolute atomic E-state index is 12.3. The SMILES string of the molecule is Cc1sc(NC(=O)C2CCCCC2N)c(C#N)c1C. The maximum atomic E-state index is 12.3. The van der Waals surface area contributed by atoms with E-state index in [9.17, 15) is 4.79 Å². The Bertz CT molecular complexity index is 530. The first-order chi connectivity index (χ1) is 9.04. The molecule has 0 spiro atoms. The van der Waals surface area contributed by atoms with E-state index in [1.165, 1.54) is 11.3 Å². The summed E-state index contributed by atoms with van der Waals surface area (Å²) in [6.45, 7) is 3.87. The zero-order valence-electron chi connectivity index (χ0n) is 11.3. The summed E-state index contributed by atoms with van der Waals surface area (Å²) in [6.07, 6.45) is 3.91. The van der Waals surface area contributed by atoms with Crippen molar-refractivity contribution in [2.45, 2.75) is 45.6 Å².